The smallest absolute Gasteiger partial charge is 0.185 e. The van der Waals surface area contributed by atoms with Crippen molar-refractivity contribution in [1.82, 2.24) is 4.98 Å². The summed E-state index contributed by atoms with van der Waals surface area (Å²) in [6.45, 7) is 2.09. The third kappa shape index (κ3) is 3.63. The first-order valence-corrected chi connectivity index (χ1v) is 9.50. The van der Waals surface area contributed by atoms with Crippen molar-refractivity contribution < 1.29 is 4.21 Å². The summed E-state index contributed by atoms with van der Waals surface area (Å²) in [5.74, 6) is 0. The molecule has 3 rings (SSSR count). The van der Waals surface area contributed by atoms with Crippen molar-refractivity contribution in [3.05, 3.63) is 35.8 Å². The number of piperidine rings is 1. The van der Waals surface area contributed by atoms with Gasteiger partial charge in [0, 0.05) is 58.3 Å². The zero-order valence-electron chi connectivity index (χ0n) is 12.0. The molecule has 1 atom stereocenters. The van der Waals surface area contributed by atoms with Gasteiger partial charge in [-0.2, -0.15) is 0 Å². The van der Waals surface area contributed by atoms with Crippen LogP contribution in [0.1, 0.15) is 12.8 Å². The second-order valence-corrected chi connectivity index (χ2v) is 7.45. The highest BCUT2D eigenvalue weighted by Crippen LogP contribution is 2.23. The average molecular weight is 321 g/mol. The quantitative estimate of drug-likeness (QED) is 0.940. The lowest BCUT2D eigenvalue weighted by atomic mass is 10.1. The van der Waals surface area contributed by atoms with Crippen molar-refractivity contribution in [1.29, 1.82) is 0 Å². The third-order valence-electron chi connectivity index (χ3n) is 3.74. The molecule has 0 amide bonds. The molecule has 1 N–H and O–H groups in total. The summed E-state index contributed by atoms with van der Waals surface area (Å²) in [5, 5.41) is 6.72. The van der Waals surface area contributed by atoms with Gasteiger partial charge in [-0.15, -0.1) is 11.3 Å². The highest BCUT2D eigenvalue weighted by molar-refractivity contribution is 7.84. The van der Waals surface area contributed by atoms with Crippen molar-refractivity contribution in [3.63, 3.8) is 0 Å². The summed E-state index contributed by atoms with van der Waals surface area (Å²) in [7, 11) is -0.906. The van der Waals surface area contributed by atoms with Gasteiger partial charge in [-0.3, -0.25) is 4.21 Å². The van der Waals surface area contributed by atoms with E-state index in [0.717, 1.165) is 41.6 Å². The second-order valence-electron chi connectivity index (χ2n) is 5.20. The van der Waals surface area contributed by atoms with E-state index in [1.54, 1.807) is 17.6 Å². The van der Waals surface area contributed by atoms with E-state index < -0.39 is 10.8 Å². The fraction of sp³-hybridized carbons (Fsp3) is 0.400. The maximum absolute atomic E-state index is 11.4. The monoisotopic (exact) mass is 321 g/mol. The van der Waals surface area contributed by atoms with Crippen LogP contribution in [0, 0.1) is 0 Å². The largest absolute Gasteiger partial charge is 0.382 e. The van der Waals surface area contributed by atoms with Gasteiger partial charge in [0.05, 0.1) is 0 Å². The molecule has 0 spiro atoms. The van der Waals surface area contributed by atoms with Crippen molar-refractivity contribution in [2.75, 3.05) is 29.6 Å². The van der Waals surface area contributed by atoms with Crippen LogP contribution in [-0.4, -0.2) is 34.6 Å². The maximum Gasteiger partial charge on any atom is 0.185 e. The molecule has 112 valence electrons. The Balaban J connectivity index is 1.54. The summed E-state index contributed by atoms with van der Waals surface area (Å²) in [4.78, 5) is 7.60. The van der Waals surface area contributed by atoms with Crippen molar-refractivity contribution in [3.8, 4) is 0 Å². The van der Waals surface area contributed by atoms with Gasteiger partial charge in [0.15, 0.2) is 5.13 Å². The number of thiazole rings is 1. The number of nitrogens with one attached hydrogen (secondary N) is 1. The zero-order valence-corrected chi connectivity index (χ0v) is 13.6. The van der Waals surface area contributed by atoms with E-state index >= 15 is 0 Å². The molecule has 1 aliphatic rings. The molecule has 1 aromatic carbocycles. The number of benzene rings is 1. The molecule has 0 saturated carbocycles. The second kappa shape index (κ2) is 6.58. The lowest BCUT2D eigenvalue weighted by Crippen LogP contribution is -2.39. The molecule has 0 aliphatic carbocycles. The minimum Gasteiger partial charge on any atom is -0.382 e. The van der Waals surface area contributed by atoms with Gasteiger partial charge in [0.2, 0.25) is 0 Å². The van der Waals surface area contributed by atoms with E-state index in [0.29, 0.717) is 6.04 Å². The Hall–Kier alpha value is -1.40. The van der Waals surface area contributed by atoms with Gasteiger partial charge in [-0.1, -0.05) is 0 Å². The Morgan fingerprint density at radius 3 is 2.57 bits per heavy atom. The van der Waals surface area contributed by atoms with Crippen LogP contribution in [0.2, 0.25) is 0 Å². The highest BCUT2D eigenvalue weighted by atomic mass is 32.2. The van der Waals surface area contributed by atoms with E-state index in [4.69, 9.17) is 0 Å². The molecular formula is C15H19N3OS2. The van der Waals surface area contributed by atoms with Crippen molar-refractivity contribution >= 4 is 33.0 Å². The van der Waals surface area contributed by atoms with Gasteiger partial charge in [0.1, 0.15) is 0 Å². The van der Waals surface area contributed by atoms with Crippen LogP contribution in [0.4, 0.5) is 10.8 Å². The third-order valence-corrected chi connectivity index (χ3v) is 5.51. The minimum atomic E-state index is -0.906. The van der Waals surface area contributed by atoms with Gasteiger partial charge in [-0.25, -0.2) is 4.98 Å². The molecule has 1 aliphatic heterocycles. The first kappa shape index (κ1) is 14.5. The molecule has 2 heterocycles. The fourth-order valence-corrected chi connectivity index (χ4v) is 3.78. The van der Waals surface area contributed by atoms with Crippen LogP contribution in [0.3, 0.4) is 0 Å². The zero-order chi connectivity index (χ0) is 14.7. The fourth-order valence-electron chi connectivity index (χ4n) is 2.57. The number of hydrogen-bond acceptors (Lipinski definition) is 5. The molecule has 4 nitrogen and oxygen atoms in total. The number of aromatic nitrogens is 1. The standard InChI is InChI=1S/C15H19N3OS2/c1-21(19)14-4-2-12(3-5-14)17-13-6-9-18(10-7-13)15-16-8-11-20-15/h2-5,8,11,13,17H,6-7,9-10H2,1H3/t21-/m1/s1. The SMILES string of the molecule is C[S@@](=O)c1ccc(NC2CCN(c3nccs3)CC2)cc1. The Bertz CT molecular complexity index is 590. The van der Waals surface area contributed by atoms with Gasteiger partial charge < -0.3 is 10.2 Å². The Kier molecular flexibility index (Phi) is 4.55. The molecule has 6 heteroatoms. The Morgan fingerprint density at radius 1 is 1.29 bits per heavy atom. The molecule has 1 aromatic heterocycles. The molecule has 0 radical (unpaired) electrons. The number of rotatable bonds is 4. The van der Waals surface area contributed by atoms with Gasteiger partial charge in [-0.05, 0) is 37.1 Å². The van der Waals surface area contributed by atoms with E-state index in [-0.39, 0.29) is 0 Å². The normalized spacial score (nSPS) is 17.7. The lowest BCUT2D eigenvalue weighted by molar-refractivity contribution is 0.526. The van der Waals surface area contributed by atoms with E-state index in [1.807, 2.05) is 35.8 Å². The molecule has 0 bridgehead atoms. The molecule has 21 heavy (non-hydrogen) atoms. The molecule has 2 aromatic rings. The first-order chi connectivity index (χ1) is 10.2. The van der Waals surface area contributed by atoms with Crippen LogP contribution in [0.5, 0.6) is 0 Å². The molecule has 0 unspecified atom stereocenters. The summed E-state index contributed by atoms with van der Waals surface area (Å²) >= 11 is 1.70. The van der Waals surface area contributed by atoms with E-state index in [9.17, 15) is 4.21 Å². The minimum absolute atomic E-state index is 0.499. The van der Waals surface area contributed by atoms with Crippen LogP contribution < -0.4 is 10.2 Å². The predicted molar refractivity (Wildman–Crippen MR) is 89.7 cm³/mol. The summed E-state index contributed by atoms with van der Waals surface area (Å²) in [5.41, 5.74) is 1.11. The Morgan fingerprint density at radius 2 is 2.00 bits per heavy atom. The molecule has 1 fully saturated rings. The number of nitrogens with zero attached hydrogens (tertiary/aromatic N) is 2. The van der Waals surface area contributed by atoms with Crippen LogP contribution >= 0.6 is 11.3 Å². The van der Waals surface area contributed by atoms with Crippen molar-refractivity contribution in [2.45, 2.75) is 23.8 Å². The summed E-state index contributed by atoms with van der Waals surface area (Å²) < 4.78 is 11.4. The van der Waals surface area contributed by atoms with E-state index in [2.05, 4.69) is 15.2 Å². The van der Waals surface area contributed by atoms with Gasteiger partial charge in [0.25, 0.3) is 0 Å². The molecular weight excluding hydrogens is 302 g/mol. The number of hydrogen-bond donors (Lipinski definition) is 1. The van der Waals surface area contributed by atoms with Crippen LogP contribution in [-0.2, 0) is 10.8 Å². The first-order valence-electron chi connectivity index (χ1n) is 7.07. The maximum atomic E-state index is 11.4. The van der Waals surface area contributed by atoms with Gasteiger partial charge >= 0.3 is 0 Å². The van der Waals surface area contributed by atoms with Crippen LogP contribution in [0.15, 0.2) is 40.7 Å². The van der Waals surface area contributed by atoms with E-state index in [1.165, 1.54) is 0 Å². The average Bonchev–Trinajstić information content (AvgIpc) is 3.03. The predicted octanol–water partition coefficient (Wildman–Crippen LogP) is 2.96. The number of anilines is 2. The van der Waals surface area contributed by atoms with Crippen LogP contribution in [0.25, 0.3) is 0 Å². The summed E-state index contributed by atoms with van der Waals surface area (Å²) in [6, 6.07) is 8.40. The highest BCUT2D eigenvalue weighted by Gasteiger charge is 2.20. The topological polar surface area (TPSA) is 45.2 Å². The molecule has 1 saturated heterocycles. The Labute approximate surface area is 131 Å². The summed E-state index contributed by atoms with van der Waals surface area (Å²) in [6.07, 6.45) is 5.79. The lowest BCUT2D eigenvalue weighted by Gasteiger charge is -2.32. The van der Waals surface area contributed by atoms with Crippen molar-refractivity contribution in [2.24, 2.45) is 0 Å².